The summed E-state index contributed by atoms with van der Waals surface area (Å²) >= 11 is 0. The molecule has 2 saturated carbocycles. The van der Waals surface area contributed by atoms with Crippen LogP contribution in [0.4, 0.5) is 0 Å². The molecular weight excluding hydrogens is 152 g/mol. The van der Waals surface area contributed by atoms with E-state index in [1.807, 2.05) is 0 Å². The molecule has 0 aromatic rings. The monoisotopic (exact) mass is 166 g/mol. The molecule has 5 atom stereocenters. The second-order valence-corrected chi connectivity index (χ2v) is 4.66. The van der Waals surface area contributed by atoms with Crippen molar-refractivity contribution in [2.24, 2.45) is 23.7 Å². The van der Waals surface area contributed by atoms with Crippen LogP contribution < -0.4 is 0 Å². The van der Waals surface area contributed by atoms with Gasteiger partial charge in [0.2, 0.25) is 0 Å². The summed E-state index contributed by atoms with van der Waals surface area (Å²) in [6, 6.07) is 0. The van der Waals surface area contributed by atoms with Crippen LogP contribution in [0.2, 0.25) is 0 Å². The summed E-state index contributed by atoms with van der Waals surface area (Å²) in [5.74, 6) is 3.11. The molecule has 3 rings (SSSR count). The number of carbonyl (C=O) groups excluding carboxylic acids is 1. The van der Waals surface area contributed by atoms with Gasteiger partial charge < -0.3 is 4.74 Å². The predicted octanol–water partition coefficient (Wildman–Crippen LogP) is 1.59. The van der Waals surface area contributed by atoms with Crippen molar-refractivity contribution in [2.45, 2.75) is 32.3 Å². The van der Waals surface area contributed by atoms with Gasteiger partial charge in [-0.05, 0) is 30.6 Å². The van der Waals surface area contributed by atoms with Crippen molar-refractivity contribution in [2.75, 3.05) is 0 Å². The summed E-state index contributed by atoms with van der Waals surface area (Å²) in [4.78, 5) is 11.1. The summed E-state index contributed by atoms with van der Waals surface area (Å²) in [6.45, 7) is 2.33. The maximum absolute atomic E-state index is 11.1. The maximum Gasteiger partial charge on any atom is 0.306 e. The van der Waals surface area contributed by atoms with Crippen LogP contribution in [0.3, 0.4) is 0 Å². The number of esters is 1. The number of hydrogen-bond acceptors (Lipinski definition) is 2. The second-order valence-electron chi connectivity index (χ2n) is 4.66. The summed E-state index contributed by atoms with van der Waals surface area (Å²) in [5.41, 5.74) is 0. The second kappa shape index (κ2) is 2.04. The Balaban J connectivity index is 1.93. The minimum absolute atomic E-state index is 0.0498. The molecule has 5 unspecified atom stereocenters. The quantitative estimate of drug-likeness (QED) is 0.511. The van der Waals surface area contributed by atoms with Gasteiger partial charge in [-0.1, -0.05) is 6.92 Å². The van der Waals surface area contributed by atoms with E-state index < -0.39 is 0 Å². The average Bonchev–Trinajstić information content (AvgIpc) is 2.41. The molecule has 3 aliphatic rings. The number of fused-ring (bicyclic) bond motifs is 1. The number of ether oxygens (including phenoxy) is 1. The van der Waals surface area contributed by atoms with Gasteiger partial charge in [-0.3, -0.25) is 4.79 Å². The first-order chi connectivity index (χ1) is 5.75. The molecule has 2 heteroatoms. The van der Waals surface area contributed by atoms with Crippen LogP contribution in [0.25, 0.3) is 0 Å². The van der Waals surface area contributed by atoms with Crippen molar-refractivity contribution in [1.29, 1.82) is 0 Å². The Kier molecular flexibility index (Phi) is 1.18. The van der Waals surface area contributed by atoms with Crippen molar-refractivity contribution in [1.82, 2.24) is 0 Å². The Morgan fingerprint density at radius 1 is 1.33 bits per heavy atom. The Bertz CT molecular complexity index is 218. The van der Waals surface area contributed by atoms with E-state index in [1.54, 1.807) is 0 Å². The molecule has 0 N–H and O–H groups in total. The molecule has 66 valence electrons. The molecular formula is C10H14O2. The van der Waals surface area contributed by atoms with Gasteiger partial charge >= 0.3 is 5.97 Å². The molecule has 0 radical (unpaired) electrons. The van der Waals surface area contributed by atoms with Crippen LogP contribution in [-0.4, -0.2) is 12.1 Å². The number of hydrogen-bond donors (Lipinski definition) is 0. The summed E-state index contributed by atoms with van der Waals surface area (Å²) < 4.78 is 5.34. The van der Waals surface area contributed by atoms with E-state index in [2.05, 4.69) is 6.92 Å². The van der Waals surface area contributed by atoms with Gasteiger partial charge in [-0.15, -0.1) is 0 Å². The van der Waals surface area contributed by atoms with E-state index in [1.165, 1.54) is 6.42 Å². The first-order valence-electron chi connectivity index (χ1n) is 4.95. The van der Waals surface area contributed by atoms with Crippen molar-refractivity contribution in [3.63, 3.8) is 0 Å². The Morgan fingerprint density at radius 3 is 2.83 bits per heavy atom. The molecule has 0 aromatic carbocycles. The molecule has 1 aliphatic heterocycles. The lowest BCUT2D eigenvalue weighted by molar-refractivity contribution is -0.162. The van der Waals surface area contributed by atoms with Crippen molar-refractivity contribution >= 4 is 5.97 Å². The summed E-state index contributed by atoms with van der Waals surface area (Å²) in [5, 5.41) is 0. The largest absolute Gasteiger partial charge is 0.462 e. The van der Waals surface area contributed by atoms with Crippen LogP contribution in [0.5, 0.6) is 0 Å². The third-order valence-corrected chi connectivity index (χ3v) is 4.18. The lowest BCUT2D eigenvalue weighted by Crippen LogP contribution is -2.37. The molecule has 2 aliphatic carbocycles. The van der Waals surface area contributed by atoms with Crippen molar-refractivity contribution < 1.29 is 9.53 Å². The van der Waals surface area contributed by atoms with E-state index in [4.69, 9.17) is 4.74 Å². The Morgan fingerprint density at radius 2 is 2.17 bits per heavy atom. The fourth-order valence-corrected chi connectivity index (χ4v) is 3.69. The molecule has 0 aromatic heterocycles. The van der Waals surface area contributed by atoms with Crippen LogP contribution in [0, 0.1) is 23.7 Å². The molecule has 12 heavy (non-hydrogen) atoms. The standard InChI is InChI=1S/C10H14O2/c1-5-6-2-7-4-9(11)12-8(3-6)10(5)7/h5-8,10H,2-4H2,1H3. The van der Waals surface area contributed by atoms with Gasteiger partial charge in [0, 0.05) is 12.3 Å². The van der Waals surface area contributed by atoms with E-state index in [-0.39, 0.29) is 5.97 Å². The first-order valence-corrected chi connectivity index (χ1v) is 4.95. The highest BCUT2D eigenvalue weighted by Crippen LogP contribution is 2.56. The summed E-state index contributed by atoms with van der Waals surface area (Å²) in [6.07, 6.45) is 3.43. The first kappa shape index (κ1) is 6.93. The van der Waals surface area contributed by atoms with Gasteiger partial charge in [0.15, 0.2) is 0 Å². The van der Waals surface area contributed by atoms with E-state index >= 15 is 0 Å². The topological polar surface area (TPSA) is 26.3 Å². The van der Waals surface area contributed by atoms with Gasteiger partial charge in [0.25, 0.3) is 0 Å². The van der Waals surface area contributed by atoms with Gasteiger partial charge in [-0.2, -0.15) is 0 Å². The minimum Gasteiger partial charge on any atom is -0.462 e. The lowest BCUT2D eigenvalue weighted by Gasteiger charge is -2.34. The van der Waals surface area contributed by atoms with Gasteiger partial charge in [-0.25, -0.2) is 0 Å². The third kappa shape index (κ3) is 0.686. The highest BCUT2D eigenvalue weighted by atomic mass is 16.5. The fraction of sp³-hybridized carbons (Fsp3) is 0.900. The number of carbonyl (C=O) groups is 1. The SMILES string of the molecule is CC1C2CC3CC(=O)OC(C2)C31. The van der Waals surface area contributed by atoms with Gasteiger partial charge in [0.05, 0.1) is 0 Å². The Hall–Kier alpha value is -0.530. The molecule has 0 spiro atoms. The molecule has 3 fully saturated rings. The highest BCUT2D eigenvalue weighted by molar-refractivity contribution is 5.71. The van der Waals surface area contributed by atoms with Gasteiger partial charge in [0.1, 0.15) is 6.10 Å². The average molecular weight is 166 g/mol. The normalized spacial score (nSPS) is 55.8. The summed E-state index contributed by atoms with van der Waals surface area (Å²) in [7, 11) is 0. The van der Waals surface area contributed by atoms with Crippen LogP contribution in [-0.2, 0) is 9.53 Å². The number of rotatable bonds is 0. The van der Waals surface area contributed by atoms with E-state index in [9.17, 15) is 4.79 Å². The Labute approximate surface area is 72.3 Å². The zero-order chi connectivity index (χ0) is 8.29. The van der Waals surface area contributed by atoms with E-state index in [0.29, 0.717) is 24.4 Å². The molecule has 2 nitrogen and oxygen atoms in total. The molecule has 1 saturated heterocycles. The van der Waals surface area contributed by atoms with E-state index in [0.717, 1.165) is 18.3 Å². The highest BCUT2D eigenvalue weighted by Gasteiger charge is 2.55. The molecule has 2 bridgehead atoms. The fourth-order valence-electron chi connectivity index (χ4n) is 3.69. The maximum atomic E-state index is 11.1. The van der Waals surface area contributed by atoms with Crippen molar-refractivity contribution in [3.8, 4) is 0 Å². The molecule has 0 amide bonds. The minimum atomic E-state index is 0.0498. The van der Waals surface area contributed by atoms with Crippen LogP contribution in [0.1, 0.15) is 26.2 Å². The lowest BCUT2D eigenvalue weighted by atomic mass is 9.82. The third-order valence-electron chi connectivity index (χ3n) is 4.18. The zero-order valence-corrected chi connectivity index (χ0v) is 7.32. The van der Waals surface area contributed by atoms with Crippen LogP contribution in [0.15, 0.2) is 0 Å². The van der Waals surface area contributed by atoms with Crippen LogP contribution >= 0.6 is 0 Å². The molecule has 1 heterocycles. The predicted molar refractivity (Wildman–Crippen MR) is 43.4 cm³/mol. The zero-order valence-electron chi connectivity index (χ0n) is 7.32. The van der Waals surface area contributed by atoms with Crippen molar-refractivity contribution in [3.05, 3.63) is 0 Å². The smallest absolute Gasteiger partial charge is 0.306 e.